The van der Waals surface area contributed by atoms with Gasteiger partial charge in [-0.15, -0.1) is 0 Å². The van der Waals surface area contributed by atoms with E-state index in [0.29, 0.717) is 30.6 Å². The van der Waals surface area contributed by atoms with Gasteiger partial charge < -0.3 is 15.1 Å². The molecule has 7 nitrogen and oxygen atoms in total. The van der Waals surface area contributed by atoms with Gasteiger partial charge in [-0.25, -0.2) is 14.4 Å². The van der Waals surface area contributed by atoms with Gasteiger partial charge in [0.15, 0.2) is 5.16 Å². The van der Waals surface area contributed by atoms with Crippen LogP contribution in [-0.4, -0.2) is 58.1 Å². The molecule has 0 radical (unpaired) electrons. The topological polar surface area (TPSA) is 78.4 Å². The number of aromatic nitrogens is 2. The lowest BCUT2D eigenvalue weighted by Gasteiger charge is -2.40. The van der Waals surface area contributed by atoms with E-state index in [1.54, 1.807) is 23.1 Å². The smallest absolute Gasteiger partial charge is 0.257 e. The van der Waals surface area contributed by atoms with E-state index in [-0.39, 0.29) is 40.4 Å². The molecule has 2 atom stereocenters. The highest BCUT2D eigenvalue weighted by Crippen LogP contribution is 2.25. The predicted octanol–water partition coefficient (Wildman–Crippen LogP) is 4.59. The predicted molar refractivity (Wildman–Crippen MR) is 140 cm³/mol. The van der Waals surface area contributed by atoms with Crippen LogP contribution in [0.5, 0.6) is 0 Å². The van der Waals surface area contributed by atoms with Crippen molar-refractivity contribution in [3.63, 3.8) is 0 Å². The summed E-state index contributed by atoms with van der Waals surface area (Å²) >= 11 is 7.48. The van der Waals surface area contributed by atoms with E-state index in [0.717, 1.165) is 5.56 Å². The Balaban J connectivity index is 1.36. The Hall–Kier alpha value is -3.17. The zero-order valence-electron chi connectivity index (χ0n) is 20.0. The first-order chi connectivity index (χ1) is 17.3. The van der Waals surface area contributed by atoms with E-state index in [9.17, 15) is 14.0 Å². The van der Waals surface area contributed by atoms with Crippen LogP contribution in [0.2, 0.25) is 5.15 Å². The highest BCUT2D eigenvalue weighted by atomic mass is 35.5. The van der Waals surface area contributed by atoms with Crippen LogP contribution in [0.1, 0.15) is 35.8 Å². The van der Waals surface area contributed by atoms with E-state index in [1.807, 2.05) is 49.1 Å². The number of rotatable bonds is 7. The Morgan fingerprint density at radius 1 is 1.14 bits per heavy atom. The van der Waals surface area contributed by atoms with Crippen molar-refractivity contribution in [2.75, 3.05) is 30.3 Å². The fourth-order valence-electron chi connectivity index (χ4n) is 4.11. The SMILES string of the molecule is CC(NC(=O)CSc1nc(Cl)cc(N2CCN(C(=O)c3ccccc3F)C(C)C2)n1)c1ccccc1. The summed E-state index contributed by atoms with van der Waals surface area (Å²) in [5.41, 5.74) is 1.10. The molecule has 2 amide bonds. The van der Waals surface area contributed by atoms with Crippen LogP contribution in [-0.2, 0) is 4.79 Å². The molecule has 2 heterocycles. The molecule has 0 spiro atoms. The summed E-state index contributed by atoms with van der Waals surface area (Å²) in [6, 6.07) is 17.1. The molecule has 1 saturated heterocycles. The second-order valence-corrected chi connectivity index (χ2v) is 9.92. The monoisotopic (exact) mass is 527 g/mol. The molecule has 10 heteroatoms. The van der Waals surface area contributed by atoms with Crippen LogP contribution in [0, 0.1) is 5.82 Å². The van der Waals surface area contributed by atoms with E-state index < -0.39 is 5.82 Å². The average molecular weight is 528 g/mol. The van der Waals surface area contributed by atoms with Crippen molar-refractivity contribution in [3.05, 3.63) is 82.8 Å². The highest BCUT2D eigenvalue weighted by molar-refractivity contribution is 7.99. The second-order valence-electron chi connectivity index (χ2n) is 8.59. The van der Waals surface area contributed by atoms with Crippen molar-refractivity contribution in [1.82, 2.24) is 20.2 Å². The van der Waals surface area contributed by atoms with E-state index >= 15 is 0 Å². The second kappa shape index (κ2) is 11.7. The number of anilines is 1. The van der Waals surface area contributed by atoms with Crippen molar-refractivity contribution in [3.8, 4) is 0 Å². The molecule has 1 aromatic heterocycles. The molecule has 3 aromatic rings. The Kier molecular flexibility index (Phi) is 8.43. The number of hydrogen-bond donors (Lipinski definition) is 1. The van der Waals surface area contributed by atoms with Crippen LogP contribution in [0.15, 0.2) is 65.8 Å². The Labute approximate surface area is 219 Å². The number of carbonyl (C=O) groups excluding carboxylic acids is 2. The molecule has 1 aliphatic rings. The maximum Gasteiger partial charge on any atom is 0.257 e. The van der Waals surface area contributed by atoms with E-state index in [1.165, 1.54) is 23.9 Å². The maximum atomic E-state index is 14.1. The lowest BCUT2D eigenvalue weighted by molar-refractivity contribution is -0.119. The number of amides is 2. The summed E-state index contributed by atoms with van der Waals surface area (Å²) in [5.74, 6) is -0.203. The first-order valence-electron chi connectivity index (χ1n) is 11.6. The molecule has 188 valence electrons. The maximum absolute atomic E-state index is 14.1. The number of hydrogen-bond acceptors (Lipinski definition) is 6. The van der Waals surface area contributed by atoms with Gasteiger partial charge in [0.2, 0.25) is 5.91 Å². The summed E-state index contributed by atoms with van der Waals surface area (Å²) < 4.78 is 14.1. The Morgan fingerprint density at radius 3 is 2.58 bits per heavy atom. The fraction of sp³-hybridized carbons (Fsp3) is 0.308. The van der Waals surface area contributed by atoms with Gasteiger partial charge in [-0.1, -0.05) is 65.8 Å². The number of nitrogens with one attached hydrogen (secondary N) is 1. The van der Waals surface area contributed by atoms with Crippen molar-refractivity contribution in [2.24, 2.45) is 0 Å². The van der Waals surface area contributed by atoms with Crippen molar-refractivity contribution < 1.29 is 14.0 Å². The van der Waals surface area contributed by atoms with Crippen LogP contribution >= 0.6 is 23.4 Å². The van der Waals surface area contributed by atoms with Crippen molar-refractivity contribution in [2.45, 2.75) is 31.1 Å². The molecule has 2 aromatic carbocycles. The van der Waals surface area contributed by atoms with Gasteiger partial charge in [0.25, 0.3) is 5.91 Å². The quantitative estimate of drug-likeness (QED) is 0.275. The largest absolute Gasteiger partial charge is 0.353 e. The van der Waals surface area contributed by atoms with E-state index in [4.69, 9.17) is 11.6 Å². The van der Waals surface area contributed by atoms with Gasteiger partial charge in [0.1, 0.15) is 16.8 Å². The molecule has 0 saturated carbocycles. The normalized spacial score (nSPS) is 16.5. The molecule has 1 aliphatic heterocycles. The van der Waals surface area contributed by atoms with Gasteiger partial charge in [0, 0.05) is 31.7 Å². The first-order valence-corrected chi connectivity index (χ1v) is 13.0. The minimum absolute atomic E-state index is 0.0708. The Bertz CT molecular complexity index is 1230. The molecule has 0 aliphatic carbocycles. The lowest BCUT2D eigenvalue weighted by atomic mass is 10.1. The zero-order chi connectivity index (χ0) is 25.7. The van der Waals surface area contributed by atoms with Crippen LogP contribution in [0.4, 0.5) is 10.2 Å². The average Bonchev–Trinajstić information content (AvgIpc) is 2.87. The van der Waals surface area contributed by atoms with Crippen molar-refractivity contribution in [1.29, 1.82) is 0 Å². The standard InChI is InChI=1S/C26H27ClFN5O2S/c1-17-15-32(12-13-33(17)25(35)20-10-6-7-11-21(20)28)23-14-22(27)30-26(31-23)36-16-24(34)29-18(2)19-8-4-3-5-9-19/h3-11,14,17-18H,12-13,15-16H2,1-2H3,(H,29,34). The molecule has 36 heavy (non-hydrogen) atoms. The molecule has 0 bridgehead atoms. The lowest BCUT2D eigenvalue weighted by Crippen LogP contribution is -2.54. The van der Waals surface area contributed by atoms with Gasteiger partial charge >= 0.3 is 0 Å². The van der Waals surface area contributed by atoms with Gasteiger partial charge in [-0.3, -0.25) is 9.59 Å². The number of benzene rings is 2. The molecule has 1 N–H and O–H groups in total. The van der Waals surface area contributed by atoms with Gasteiger partial charge in [0.05, 0.1) is 17.4 Å². The highest BCUT2D eigenvalue weighted by Gasteiger charge is 2.30. The first kappa shape index (κ1) is 25.9. The summed E-state index contributed by atoms with van der Waals surface area (Å²) in [5, 5.41) is 3.65. The molecular weight excluding hydrogens is 501 g/mol. The number of thioether (sulfide) groups is 1. The molecule has 4 rings (SSSR count). The summed E-state index contributed by atoms with van der Waals surface area (Å²) in [6.45, 7) is 5.28. The minimum Gasteiger partial charge on any atom is -0.353 e. The third kappa shape index (κ3) is 6.33. The molecular formula is C26H27ClFN5O2S. The minimum atomic E-state index is -0.524. The van der Waals surface area contributed by atoms with Crippen LogP contribution in [0.3, 0.4) is 0 Å². The van der Waals surface area contributed by atoms with Gasteiger partial charge in [-0.05, 0) is 31.5 Å². The molecule has 1 fully saturated rings. The third-order valence-corrected chi connectivity index (χ3v) is 7.03. The fourth-order valence-corrected chi connectivity index (χ4v) is 5.00. The molecule has 2 unspecified atom stereocenters. The van der Waals surface area contributed by atoms with Crippen LogP contribution < -0.4 is 10.2 Å². The summed E-state index contributed by atoms with van der Waals surface area (Å²) in [4.78, 5) is 37.9. The Morgan fingerprint density at radius 2 is 1.86 bits per heavy atom. The third-order valence-electron chi connectivity index (χ3n) is 5.99. The van der Waals surface area contributed by atoms with E-state index in [2.05, 4.69) is 15.3 Å². The number of halogens is 2. The zero-order valence-corrected chi connectivity index (χ0v) is 21.6. The summed E-state index contributed by atoms with van der Waals surface area (Å²) in [6.07, 6.45) is 0. The van der Waals surface area contributed by atoms with Gasteiger partial charge in [-0.2, -0.15) is 0 Å². The number of nitrogens with zero attached hydrogens (tertiary/aromatic N) is 4. The van der Waals surface area contributed by atoms with Crippen LogP contribution in [0.25, 0.3) is 0 Å². The summed E-state index contributed by atoms with van der Waals surface area (Å²) in [7, 11) is 0. The number of carbonyl (C=O) groups is 2. The number of piperazine rings is 1. The van der Waals surface area contributed by atoms with Crippen molar-refractivity contribution >= 4 is 41.0 Å².